The highest BCUT2D eigenvalue weighted by Gasteiger charge is 2.23. The van der Waals surface area contributed by atoms with Gasteiger partial charge in [0, 0.05) is 51.2 Å². The van der Waals surface area contributed by atoms with Crippen LogP contribution in [0.2, 0.25) is 0 Å². The van der Waals surface area contributed by atoms with Crippen molar-refractivity contribution in [2.45, 2.75) is 38.6 Å². The van der Waals surface area contributed by atoms with Gasteiger partial charge in [0.1, 0.15) is 0 Å². The first kappa shape index (κ1) is 20.7. The first-order chi connectivity index (χ1) is 12.4. The Bertz CT molecular complexity index is 579. The van der Waals surface area contributed by atoms with Gasteiger partial charge in [0.2, 0.25) is 0 Å². The Morgan fingerprint density at radius 2 is 1.85 bits per heavy atom. The van der Waals surface area contributed by atoms with Crippen LogP contribution in [0.25, 0.3) is 0 Å². The molecule has 1 unspecified atom stereocenters. The van der Waals surface area contributed by atoms with Gasteiger partial charge in [0.25, 0.3) is 0 Å². The van der Waals surface area contributed by atoms with Crippen LogP contribution in [-0.4, -0.2) is 75.7 Å². The van der Waals surface area contributed by atoms with Crippen molar-refractivity contribution in [1.82, 2.24) is 20.4 Å². The van der Waals surface area contributed by atoms with Crippen molar-refractivity contribution in [2.24, 2.45) is 4.99 Å². The molecule has 0 amide bonds. The summed E-state index contributed by atoms with van der Waals surface area (Å²) in [6.07, 6.45) is 1.08. The van der Waals surface area contributed by atoms with Crippen LogP contribution >= 0.6 is 0 Å². The van der Waals surface area contributed by atoms with Crippen LogP contribution in [0.5, 0.6) is 0 Å². The number of nitrogens with zero attached hydrogens (tertiary/aromatic N) is 3. The second kappa shape index (κ2) is 9.38. The lowest BCUT2D eigenvalue weighted by atomic mass is 9.84. The zero-order chi connectivity index (χ0) is 19.2. The molecule has 146 valence electrons. The number of likely N-dealkylation sites (N-methyl/N-ethyl adjacent to an activating group) is 2. The SMILES string of the molecule is CCc1ccc(C(C)(C)CNC(=NC)NCC2CN(C)CCN2C)cc1. The monoisotopic (exact) mass is 359 g/mol. The number of piperazine rings is 1. The molecule has 0 saturated carbocycles. The molecule has 1 atom stereocenters. The van der Waals surface area contributed by atoms with E-state index in [0.717, 1.165) is 45.1 Å². The molecule has 1 aromatic carbocycles. The summed E-state index contributed by atoms with van der Waals surface area (Å²) in [6, 6.07) is 9.49. The van der Waals surface area contributed by atoms with Crippen molar-refractivity contribution in [3.63, 3.8) is 0 Å². The fourth-order valence-electron chi connectivity index (χ4n) is 3.36. The lowest BCUT2D eigenvalue weighted by Crippen LogP contribution is -2.55. The zero-order valence-electron chi connectivity index (χ0n) is 17.5. The summed E-state index contributed by atoms with van der Waals surface area (Å²) in [6.45, 7) is 11.9. The van der Waals surface area contributed by atoms with Gasteiger partial charge in [-0.25, -0.2) is 0 Å². The van der Waals surface area contributed by atoms with E-state index in [1.807, 2.05) is 7.05 Å². The summed E-state index contributed by atoms with van der Waals surface area (Å²) >= 11 is 0. The van der Waals surface area contributed by atoms with Crippen LogP contribution in [0.15, 0.2) is 29.3 Å². The second-order valence-corrected chi connectivity index (χ2v) is 8.14. The number of aryl methyl sites for hydroxylation is 1. The van der Waals surface area contributed by atoms with Crippen LogP contribution in [0.1, 0.15) is 31.9 Å². The fraction of sp³-hybridized carbons (Fsp3) is 0.667. The van der Waals surface area contributed by atoms with E-state index in [9.17, 15) is 0 Å². The van der Waals surface area contributed by atoms with Gasteiger partial charge < -0.3 is 15.5 Å². The molecule has 0 bridgehead atoms. The van der Waals surface area contributed by atoms with Crippen molar-refractivity contribution >= 4 is 5.96 Å². The van der Waals surface area contributed by atoms with Crippen LogP contribution in [0, 0.1) is 0 Å². The van der Waals surface area contributed by atoms with E-state index in [0.29, 0.717) is 6.04 Å². The van der Waals surface area contributed by atoms with E-state index in [2.05, 4.69) is 84.6 Å². The summed E-state index contributed by atoms with van der Waals surface area (Å²) in [7, 11) is 6.24. The highest BCUT2D eigenvalue weighted by Crippen LogP contribution is 2.22. The van der Waals surface area contributed by atoms with Gasteiger partial charge in [-0.1, -0.05) is 45.0 Å². The minimum absolute atomic E-state index is 0.0474. The fourth-order valence-corrected chi connectivity index (χ4v) is 3.36. The summed E-state index contributed by atoms with van der Waals surface area (Å²) in [5, 5.41) is 7.01. The molecule has 1 heterocycles. The molecule has 5 heteroatoms. The van der Waals surface area contributed by atoms with Gasteiger partial charge in [0.15, 0.2) is 5.96 Å². The Morgan fingerprint density at radius 3 is 2.46 bits per heavy atom. The van der Waals surface area contributed by atoms with Gasteiger partial charge in [-0.05, 0) is 31.6 Å². The number of nitrogens with one attached hydrogen (secondary N) is 2. The molecule has 2 N–H and O–H groups in total. The predicted molar refractivity (Wildman–Crippen MR) is 112 cm³/mol. The van der Waals surface area contributed by atoms with Gasteiger partial charge in [-0.3, -0.25) is 9.89 Å². The maximum Gasteiger partial charge on any atom is 0.191 e. The minimum atomic E-state index is 0.0474. The topological polar surface area (TPSA) is 42.9 Å². The third kappa shape index (κ3) is 5.71. The quantitative estimate of drug-likeness (QED) is 0.602. The van der Waals surface area contributed by atoms with Crippen LogP contribution in [-0.2, 0) is 11.8 Å². The van der Waals surface area contributed by atoms with E-state index in [1.165, 1.54) is 11.1 Å². The molecule has 0 aliphatic carbocycles. The van der Waals surface area contributed by atoms with E-state index < -0.39 is 0 Å². The summed E-state index contributed by atoms with van der Waals surface area (Å²) in [5.41, 5.74) is 2.79. The van der Waals surface area contributed by atoms with Gasteiger partial charge in [-0.2, -0.15) is 0 Å². The Labute approximate surface area is 159 Å². The van der Waals surface area contributed by atoms with Crippen LogP contribution in [0.3, 0.4) is 0 Å². The average Bonchev–Trinajstić information content (AvgIpc) is 2.64. The molecule has 5 nitrogen and oxygen atoms in total. The summed E-state index contributed by atoms with van der Waals surface area (Å²) in [5.74, 6) is 0.880. The number of guanidine groups is 1. The largest absolute Gasteiger partial charge is 0.356 e. The van der Waals surface area contributed by atoms with E-state index in [-0.39, 0.29) is 5.41 Å². The molecular formula is C21H37N5. The highest BCUT2D eigenvalue weighted by molar-refractivity contribution is 5.79. The van der Waals surface area contributed by atoms with Crippen molar-refractivity contribution in [3.8, 4) is 0 Å². The van der Waals surface area contributed by atoms with E-state index in [1.54, 1.807) is 0 Å². The lowest BCUT2D eigenvalue weighted by Gasteiger charge is -2.38. The van der Waals surface area contributed by atoms with Gasteiger partial charge in [0.05, 0.1) is 0 Å². The Morgan fingerprint density at radius 1 is 1.15 bits per heavy atom. The maximum atomic E-state index is 4.40. The Balaban J connectivity index is 1.86. The predicted octanol–water partition coefficient (Wildman–Crippen LogP) is 1.94. The van der Waals surface area contributed by atoms with Crippen molar-refractivity contribution in [2.75, 3.05) is 53.9 Å². The standard InChI is InChI=1S/C21H37N5/c1-7-17-8-10-18(11-9-17)21(2,3)16-24-20(22-4)23-14-19-15-25(5)12-13-26(19)6/h8-11,19H,7,12-16H2,1-6H3,(H2,22,23,24). The second-order valence-electron chi connectivity index (χ2n) is 8.14. The molecular weight excluding hydrogens is 322 g/mol. The van der Waals surface area contributed by atoms with Crippen LogP contribution < -0.4 is 10.6 Å². The Hall–Kier alpha value is -1.59. The first-order valence-corrected chi connectivity index (χ1v) is 9.78. The molecule has 1 aromatic rings. The van der Waals surface area contributed by atoms with Gasteiger partial charge in [-0.15, -0.1) is 0 Å². The van der Waals surface area contributed by atoms with Gasteiger partial charge >= 0.3 is 0 Å². The number of benzene rings is 1. The molecule has 2 rings (SSSR count). The number of hydrogen-bond acceptors (Lipinski definition) is 3. The van der Waals surface area contributed by atoms with Crippen LogP contribution in [0.4, 0.5) is 0 Å². The normalized spacial score (nSPS) is 20.2. The minimum Gasteiger partial charge on any atom is -0.356 e. The Kier molecular flexibility index (Phi) is 7.47. The zero-order valence-corrected chi connectivity index (χ0v) is 17.5. The molecule has 0 radical (unpaired) electrons. The van der Waals surface area contributed by atoms with Crippen molar-refractivity contribution in [1.29, 1.82) is 0 Å². The number of hydrogen-bond donors (Lipinski definition) is 2. The third-order valence-corrected chi connectivity index (χ3v) is 5.55. The van der Waals surface area contributed by atoms with E-state index >= 15 is 0 Å². The average molecular weight is 360 g/mol. The molecule has 0 spiro atoms. The van der Waals surface area contributed by atoms with Crippen molar-refractivity contribution < 1.29 is 0 Å². The lowest BCUT2D eigenvalue weighted by molar-refractivity contribution is 0.116. The molecule has 1 fully saturated rings. The van der Waals surface area contributed by atoms with Crippen molar-refractivity contribution in [3.05, 3.63) is 35.4 Å². The third-order valence-electron chi connectivity index (χ3n) is 5.55. The maximum absolute atomic E-state index is 4.40. The number of aliphatic imine (C=N–C) groups is 1. The molecule has 1 saturated heterocycles. The molecule has 1 aliphatic rings. The molecule has 26 heavy (non-hydrogen) atoms. The smallest absolute Gasteiger partial charge is 0.191 e. The number of rotatable bonds is 6. The molecule has 1 aliphatic heterocycles. The first-order valence-electron chi connectivity index (χ1n) is 9.78. The molecule has 0 aromatic heterocycles. The summed E-state index contributed by atoms with van der Waals surface area (Å²) in [4.78, 5) is 9.23. The van der Waals surface area contributed by atoms with E-state index in [4.69, 9.17) is 0 Å². The highest BCUT2D eigenvalue weighted by atomic mass is 15.3. The summed E-state index contributed by atoms with van der Waals surface area (Å²) < 4.78 is 0.